The number of ether oxygens (including phenoxy) is 3. The van der Waals surface area contributed by atoms with Crippen molar-refractivity contribution in [3.05, 3.63) is 76.5 Å². The molecule has 0 bridgehead atoms. The van der Waals surface area contributed by atoms with E-state index < -0.39 is 66.0 Å². The second-order valence-electron chi connectivity index (χ2n) is 9.84. The standard InChI is InChI=1S/C30H26O14/c31-16-4-1-13(7-18(16)33)2-6-25(37)41-12-24-27(38)28(39)29(40)30(44-24)42-15-9-20(35)26-21(36)11-22(43-23(26)10-15)14-3-5-17(32)19(34)8-14/h1-11,24,27-35,38-40H,12H2/b6-2+/t24-,27-,28+,29-,30-/m1/s1. The Balaban J connectivity index is 1.32. The van der Waals surface area contributed by atoms with Crippen LogP contribution < -0.4 is 10.2 Å². The molecule has 4 aromatic rings. The lowest BCUT2D eigenvalue weighted by Crippen LogP contribution is -2.60. The van der Waals surface area contributed by atoms with Gasteiger partial charge in [-0.1, -0.05) is 6.07 Å². The number of hydrogen-bond acceptors (Lipinski definition) is 14. The first-order chi connectivity index (χ1) is 20.9. The minimum atomic E-state index is -1.80. The lowest BCUT2D eigenvalue weighted by Gasteiger charge is -2.39. The zero-order valence-corrected chi connectivity index (χ0v) is 22.5. The van der Waals surface area contributed by atoms with Gasteiger partial charge in [-0.15, -0.1) is 0 Å². The Bertz CT molecular complexity index is 1800. The van der Waals surface area contributed by atoms with E-state index in [9.17, 15) is 50.4 Å². The summed E-state index contributed by atoms with van der Waals surface area (Å²) in [5.41, 5.74) is -0.175. The Morgan fingerprint density at radius 3 is 2.20 bits per heavy atom. The summed E-state index contributed by atoms with van der Waals surface area (Å²) in [4.78, 5) is 24.9. The summed E-state index contributed by atoms with van der Waals surface area (Å²) >= 11 is 0. The van der Waals surface area contributed by atoms with E-state index in [2.05, 4.69) is 0 Å². The number of esters is 1. The van der Waals surface area contributed by atoms with Gasteiger partial charge in [0, 0.05) is 29.8 Å². The van der Waals surface area contributed by atoms with Gasteiger partial charge in [0.2, 0.25) is 6.29 Å². The first-order valence-corrected chi connectivity index (χ1v) is 13.0. The minimum absolute atomic E-state index is 0.0139. The number of carbonyl (C=O) groups excluding carboxylic acids is 1. The summed E-state index contributed by atoms with van der Waals surface area (Å²) in [5, 5.41) is 79.9. The number of fused-ring (bicyclic) bond motifs is 1. The highest BCUT2D eigenvalue weighted by atomic mass is 16.7. The van der Waals surface area contributed by atoms with Crippen molar-refractivity contribution in [3.8, 4) is 45.8 Å². The zero-order chi connectivity index (χ0) is 31.7. The first kappa shape index (κ1) is 30.2. The van der Waals surface area contributed by atoms with Crippen LogP contribution in [0.3, 0.4) is 0 Å². The summed E-state index contributed by atoms with van der Waals surface area (Å²) in [6.45, 7) is -0.574. The highest BCUT2D eigenvalue weighted by molar-refractivity contribution is 5.87. The van der Waals surface area contributed by atoms with Gasteiger partial charge in [-0.05, 0) is 42.0 Å². The molecule has 1 aliphatic rings. The molecular formula is C30H26O14. The zero-order valence-electron chi connectivity index (χ0n) is 22.5. The van der Waals surface area contributed by atoms with Crippen molar-refractivity contribution in [2.45, 2.75) is 30.7 Å². The van der Waals surface area contributed by atoms with Crippen molar-refractivity contribution in [2.75, 3.05) is 6.61 Å². The molecule has 230 valence electrons. The molecule has 5 atom stereocenters. The third-order valence-electron chi connectivity index (χ3n) is 6.77. The van der Waals surface area contributed by atoms with Gasteiger partial charge < -0.3 is 59.5 Å². The molecule has 0 spiro atoms. The van der Waals surface area contributed by atoms with E-state index >= 15 is 0 Å². The van der Waals surface area contributed by atoms with E-state index in [0.29, 0.717) is 5.56 Å². The molecule has 2 heterocycles. The van der Waals surface area contributed by atoms with Crippen molar-refractivity contribution in [2.24, 2.45) is 0 Å². The van der Waals surface area contributed by atoms with Crippen LogP contribution in [0.2, 0.25) is 0 Å². The summed E-state index contributed by atoms with van der Waals surface area (Å²) in [6, 6.07) is 10.9. The van der Waals surface area contributed by atoms with Gasteiger partial charge in [-0.3, -0.25) is 4.79 Å². The third kappa shape index (κ3) is 6.23. The molecule has 1 saturated heterocycles. The highest BCUT2D eigenvalue weighted by Gasteiger charge is 2.45. The fraction of sp³-hybridized carbons (Fsp3) is 0.200. The van der Waals surface area contributed by atoms with E-state index in [4.69, 9.17) is 18.6 Å². The van der Waals surface area contributed by atoms with Crippen LogP contribution in [0.1, 0.15) is 5.56 Å². The average Bonchev–Trinajstić information content (AvgIpc) is 2.98. The highest BCUT2D eigenvalue weighted by Crippen LogP contribution is 2.35. The van der Waals surface area contributed by atoms with Crippen LogP contribution in [0, 0.1) is 0 Å². The lowest BCUT2D eigenvalue weighted by atomic mass is 9.99. The van der Waals surface area contributed by atoms with E-state index in [1.165, 1.54) is 48.5 Å². The van der Waals surface area contributed by atoms with Gasteiger partial charge in [0.25, 0.3) is 0 Å². The molecule has 1 aliphatic heterocycles. The topological polar surface area (TPSA) is 237 Å². The molecule has 1 aromatic heterocycles. The predicted octanol–water partition coefficient (Wildman–Crippen LogP) is 1.43. The number of aromatic hydroxyl groups is 5. The van der Waals surface area contributed by atoms with Crippen molar-refractivity contribution in [1.82, 2.24) is 0 Å². The SMILES string of the molecule is O=C(/C=C/c1ccc(O)c(O)c1)OC[C@H]1O[C@@H](Oc2cc(O)c3c(=O)cc(-c4ccc(O)c(O)c4)oc3c2)[C@H](O)[C@@H](O)[C@@H]1O. The molecule has 14 heteroatoms. The Morgan fingerprint density at radius 2 is 1.50 bits per heavy atom. The third-order valence-corrected chi connectivity index (χ3v) is 6.77. The molecule has 3 aromatic carbocycles. The molecule has 0 saturated carbocycles. The first-order valence-electron chi connectivity index (χ1n) is 13.0. The number of aliphatic hydroxyl groups excluding tert-OH is 3. The summed E-state index contributed by atoms with van der Waals surface area (Å²) < 4.78 is 22.0. The monoisotopic (exact) mass is 610 g/mol. The molecule has 1 fully saturated rings. The Kier molecular flexibility index (Phi) is 8.33. The van der Waals surface area contributed by atoms with Crippen molar-refractivity contribution < 1.29 is 64.3 Å². The maximum Gasteiger partial charge on any atom is 0.330 e. The van der Waals surface area contributed by atoms with Gasteiger partial charge in [0.1, 0.15) is 59.3 Å². The van der Waals surface area contributed by atoms with E-state index in [0.717, 1.165) is 18.2 Å². The Morgan fingerprint density at radius 1 is 0.795 bits per heavy atom. The van der Waals surface area contributed by atoms with Crippen LogP contribution in [0.25, 0.3) is 28.4 Å². The quantitative estimate of drug-likeness (QED) is 0.0840. The lowest BCUT2D eigenvalue weighted by molar-refractivity contribution is -0.278. The predicted molar refractivity (Wildman–Crippen MR) is 150 cm³/mol. The second-order valence-corrected chi connectivity index (χ2v) is 9.84. The van der Waals surface area contributed by atoms with Gasteiger partial charge in [0.05, 0.1) is 0 Å². The van der Waals surface area contributed by atoms with E-state index in [1.807, 2.05) is 0 Å². The Labute approximate surface area is 247 Å². The largest absolute Gasteiger partial charge is 0.507 e. The number of benzene rings is 3. The van der Waals surface area contributed by atoms with Crippen molar-refractivity contribution in [1.29, 1.82) is 0 Å². The van der Waals surface area contributed by atoms with Crippen LogP contribution in [0.4, 0.5) is 0 Å². The molecule has 0 aliphatic carbocycles. The molecule has 8 N–H and O–H groups in total. The van der Waals surface area contributed by atoms with Crippen LogP contribution in [0.5, 0.6) is 34.5 Å². The number of phenolic OH excluding ortho intramolecular Hbond substituents is 5. The smallest absolute Gasteiger partial charge is 0.330 e. The number of rotatable bonds is 7. The van der Waals surface area contributed by atoms with Crippen molar-refractivity contribution >= 4 is 23.0 Å². The number of hydrogen-bond donors (Lipinski definition) is 8. The van der Waals surface area contributed by atoms with E-state index in [-0.39, 0.29) is 39.5 Å². The number of phenols is 5. The molecule has 14 nitrogen and oxygen atoms in total. The maximum absolute atomic E-state index is 12.7. The van der Waals surface area contributed by atoms with Gasteiger partial charge in [-0.25, -0.2) is 4.79 Å². The van der Waals surface area contributed by atoms with Crippen LogP contribution in [0.15, 0.2) is 69.9 Å². The molecule has 44 heavy (non-hydrogen) atoms. The van der Waals surface area contributed by atoms with Crippen LogP contribution in [-0.4, -0.2) is 84.1 Å². The van der Waals surface area contributed by atoms with Crippen molar-refractivity contribution in [3.63, 3.8) is 0 Å². The van der Waals surface area contributed by atoms with Crippen LogP contribution >= 0.6 is 0 Å². The molecular weight excluding hydrogens is 584 g/mol. The summed E-state index contributed by atoms with van der Waals surface area (Å²) in [5.74, 6) is -3.18. The summed E-state index contributed by atoms with van der Waals surface area (Å²) in [6.07, 6.45) is -5.99. The fourth-order valence-corrected chi connectivity index (χ4v) is 4.44. The van der Waals surface area contributed by atoms with Crippen LogP contribution in [-0.2, 0) is 14.3 Å². The Hall–Kier alpha value is -5.28. The average molecular weight is 611 g/mol. The second kappa shape index (κ2) is 12.1. The maximum atomic E-state index is 12.7. The molecule has 0 radical (unpaired) electrons. The normalized spacial score (nSPS) is 21.8. The molecule has 0 unspecified atom stereocenters. The number of carbonyl (C=O) groups is 1. The fourth-order valence-electron chi connectivity index (χ4n) is 4.44. The van der Waals surface area contributed by atoms with Gasteiger partial charge >= 0.3 is 5.97 Å². The summed E-state index contributed by atoms with van der Waals surface area (Å²) in [7, 11) is 0. The molecule has 0 amide bonds. The van der Waals surface area contributed by atoms with E-state index in [1.54, 1.807) is 0 Å². The van der Waals surface area contributed by atoms with Gasteiger partial charge in [0.15, 0.2) is 28.4 Å². The minimum Gasteiger partial charge on any atom is -0.507 e. The molecule has 5 rings (SSSR count). The van der Waals surface area contributed by atoms with Gasteiger partial charge in [-0.2, -0.15) is 0 Å². The number of aliphatic hydroxyl groups is 3.